The van der Waals surface area contributed by atoms with Crippen LogP contribution in [0.25, 0.3) is 0 Å². The molecule has 5 heteroatoms. The summed E-state index contributed by atoms with van der Waals surface area (Å²) < 4.78 is 5.44. The molecule has 0 unspecified atom stereocenters. The molecule has 0 spiro atoms. The Morgan fingerprint density at radius 3 is 3.19 bits per heavy atom. The van der Waals surface area contributed by atoms with Crippen molar-refractivity contribution < 1.29 is 4.74 Å². The van der Waals surface area contributed by atoms with E-state index in [1.807, 2.05) is 0 Å². The van der Waals surface area contributed by atoms with Gasteiger partial charge in [-0.15, -0.1) is 0 Å². The fourth-order valence-electron chi connectivity index (χ4n) is 1.85. The molecule has 0 aromatic carbocycles. The Morgan fingerprint density at radius 1 is 1.50 bits per heavy atom. The van der Waals surface area contributed by atoms with Gasteiger partial charge in [-0.25, -0.2) is 4.98 Å². The highest BCUT2D eigenvalue weighted by molar-refractivity contribution is 6.29. The van der Waals surface area contributed by atoms with Crippen molar-refractivity contribution in [1.29, 1.82) is 0 Å². The van der Waals surface area contributed by atoms with Crippen molar-refractivity contribution in [3.05, 3.63) is 17.4 Å². The van der Waals surface area contributed by atoms with Crippen LogP contribution < -0.4 is 10.1 Å². The van der Waals surface area contributed by atoms with E-state index in [1.165, 1.54) is 19.3 Å². The lowest BCUT2D eigenvalue weighted by molar-refractivity contribution is 0.252. The summed E-state index contributed by atoms with van der Waals surface area (Å²) in [6.07, 6.45) is 6.43. The monoisotopic (exact) mass is 241 g/mol. The van der Waals surface area contributed by atoms with E-state index in [0.29, 0.717) is 23.8 Å². The number of nitrogens with one attached hydrogen (secondary N) is 1. The third-order valence-electron chi connectivity index (χ3n) is 2.71. The second-order valence-electron chi connectivity index (χ2n) is 3.95. The summed E-state index contributed by atoms with van der Waals surface area (Å²) in [6.45, 7) is 1.76. The van der Waals surface area contributed by atoms with Crippen molar-refractivity contribution >= 4 is 11.6 Å². The van der Waals surface area contributed by atoms with Gasteiger partial charge < -0.3 is 10.1 Å². The Kier molecular flexibility index (Phi) is 4.36. The molecule has 0 amide bonds. The first-order chi connectivity index (χ1) is 7.84. The number of piperidine rings is 1. The largest absolute Gasteiger partial charge is 0.463 e. The number of nitrogens with zero attached hydrogens (tertiary/aromatic N) is 2. The predicted molar refractivity (Wildman–Crippen MR) is 62.8 cm³/mol. The van der Waals surface area contributed by atoms with Crippen LogP contribution in [-0.2, 0) is 0 Å². The SMILES string of the molecule is Clc1ccnc(OCC[C@H]2CCCCN2)n1. The number of hydrogen-bond acceptors (Lipinski definition) is 4. The van der Waals surface area contributed by atoms with E-state index in [9.17, 15) is 0 Å². The van der Waals surface area contributed by atoms with Crippen LogP contribution in [0.2, 0.25) is 5.15 Å². The van der Waals surface area contributed by atoms with Gasteiger partial charge in [-0.05, 0) is 31.9 Å². The van der Waals surface area contributed by atoms with Gasteiger partial charge in [0.25, 0.3) is 0 Å². The summed E-state index contributed by atoms with van der Waals surface area (Å²) in [5.74, 6) is 0. The summed E-state index contributed by atoms with van der Waals surface area (Å²) in [6, 6.07) is 2.58. The van der Waals surface area contributed by atoms with Gasteiger partial charge in [0.1, 0.15) is 5.15 Å². The quantitative estimate of drug-likeness (QED) is 0.820. The minimum atomic E-state index is 0.364. The van der Waals surface area contributed by atoms with Gasteiger partial charge in [0.15, 0.2) is 0 Å². The summed E-state index contributed by atoms with van der Waals surface area (Å²) >= 11 is 5.73. The molecule has 0 saturated carbocycles. The molecule has 2 heterocycles. The van der Waals surface area contributed by atoms with Crippen molar-refractivity contribution in [1.82, 2.24) is 15.3 Å². The van der Waals surface area contributed by atoms with Gasteiger partial charge in [0, 0.05) is 12.2 Å². The molecule has 16 heavy (non-hydrogen) atoms. The molecule has 2 rings (SSSR count). The van der Waals surface area contributed by atoms with E-state index in [0.717, 1.165) is 13.0 Å². The number of rotatable bonds is 4. The Morgan fingerprint density at radius 2 is 2.44 bits per heavy atom. The molecule has 0 aliphatic carbocycles. The Labute approximate surface area is 100 Å². The topological polar surface area (TPSA) is 47.0 Å². The van der Waals surface area contributed by atoms with Crippen LogP contribution in [0.15, 0.2) is 12.3 Å². The molecular weight excluding hydrogens is 226 g/mol. The molecule has 4 nitrogen and oxygen atoms in total. The van der Waals surface area contributed by atoms with Crippen LogP contribution in [-0.4, -0.2) is 29.2 Å². The van der Waals surface area contributed by atoms with Gasteiger partial charge in [0.2, 0.25) is 0 Å². The van der Waals surface area contributed by atoms with Crippen LogP contribution in [0.3, 0.4) is 0 Å². The third-order valence-corrected chi connectivity index (χ3v) is 2.92. The number of aromatic nitrogens is 2. The van der Waals surface area contributed by atoms with Gasteiger partial charge in [-0.1, -0.05) is 18.0 Å². The van der Waals surface area contributed by atoms with Gasteiger partial charge >= 0.3 is 6.01 Å². The summed E-state index contributed by atoms with van der Waals surface area (Å²) in [4.78, 5) is 7.95. The molecule has 88 valence electrons. The predicted octanol–water partition coefficient (Wildman–Crippen LogP) is 2.04. The van der Waals surface area contributed by atoms with Gasteiger partial charge in [-0.3, -0.25) is 0 Å². The summed E-state index contributed by atoms with van der Waals surface area (Å²) in [5.41, 5.74) is 0. The van der Waals surface area contributed by atoms with Crippen LogP contribution in [0.1, 0.15) is 25.7 Å². The average molecular weight is 242 g/mol. The molecule has 1 atom stereocenters. The molecule has 1 aliphatic rings. The molecule has 1 saturated heterocycles. The maximum absolute atomic E-state index is 5.73. The zero-order valence-corrected chi connectivity index (χ0v) is 9.91. The van der Waals surface area contributed by atoms with Crippen LogP contribution in [0.5, 0.6) is 6.01 Å². The zero-order chi connectivity index (χ0) is 11.2. The molecule has 1 fully saturated rings. The van der Waals surface area contributed by atoms with Crippen molar-refractivity contribution in [3.63, 3.8) is 0 Å². The second-order valence-corrected chi connectivity index (χ2v) is 4.33. The van der Waals surface area contributed by atoms with Crippen molar-refractivity contribution in [2.24, 2.45) is 0 Å². The van der Waals surface area contributed by atoms with Crippen molar-refractivity contribution in [2.75, 3.05) is 13.2 Å². The van der Waals surface area contributed by atoms with E-state index in [-0.39, 0.29) is 0 Å². The molecule has 1 aromatic heterocycles. The summed E-state index contributed by atoms with van der Waals surface area (Å²) in [7, 11) is 0. The molecule has 1 aliphatic heterocycles. The van der Waals surface area contributed by atoms with E-state index >= 15 is 0 Å². The lowest BCUT2D eigenvalue weighted by Gasteiger charge is -2.22. The van der Waals surface area contributed by atoms with Crippen molar-refractivity contribution in [3.8, 4) is 6.01 Å². The van der Waals surface area contributed by atoms with Crippen molar-refractivity contribution in [2.45, 2.75) is 31.7 Å². The molecule has 0 bridgehead atoms. The highest BCUT2D eigenvalue weighted by atomic mass is 35.5. The van der Waals surface area contributed by atoms with E-state index < -0.39 is 0 Å². The maximum atomic E-state index is 5.73. The van der Waals surface area contributed by atoms with Crippen LogP contribution >= 0.6 is 11.6 Å². The Balaban J connectivity index is 1.71. The van der Waals surface area contributed by atoms with Gasteiger partial charge in [0.05, 0.1) is 6.61 Å². The molecular formula is C11H16ClN3O. The normalized spacial score (nSPS) is 20.7. The summed E-state index contributed by atoms with van der Waals surface area (Å²) in [5, 5.41) is 3.89. The minimum Gasteiger partial charge on any atom is -0.463 e. The lowest BCUT2D eigenvalue weighted by Crippen LogP contribution is -2.35. The van der Waals surface area contributed by atoms with Crippen LogP contribution in [0, 0.1) is 0 Å². The fourth-order valence-corrected chi connectivity index (χ4v) is 1.98. The minimum absolute atomic E-state index is 0.364. The van der Waals surface area contributed by atoms with Gasteiger partial charge in [-0.2, -0.15) is 4.98 Å². The first kappa shape index (κ1) is 11.6. The second kappa shape index (κ2) is 6.01. The zero-order valence-electron chi connectivity index (χ0n) is 9.16. The number of hydrogen-bond donors (Lipinski definition) is 1. The molecule has 1 aromatic rings. The molecule has 0 radical (unpaired) electrons. The Bertz CT molecular complexity index is 329. The Hall–Kier alpha value is -0.870. The standard InChI is InChI=1S/C11H16ClN3O/c12-10-4-7-14-11(15-10)16-8-5-9-3-1-2-6-13-9/h4,7,9,13H,1-3,5-6,8H2/t9-/m1/s1. The van der Waals surface area contributed by atoms with E-state index in [1.54, 1.807) is 12.3 Å². The molecule has 1 N–H and O–H groups in total. The van der Waals surface area contributed by atoms with E-state index in [2.05, 4.69) is 15.3 Å². The number of halogens is 1. The smallest absolute Gasteiger partial charge is 0.317 e. The maximum Gasteiger partial charge on any atom is 0.317 e. The number of ether oxygens (including phenoxy) is 1. The highest BCUT2D eigenvalue weighted by Crippen LogP contribution is 2.11. The fraction of sp³-hybridized carbons (Fsp3) is 0.636. The van der Waals surface area contributed by atoms with E-state index in [4.69, 9.17) is 16.3 Å². The highest BCUT2D eigenvalue weighted by Gasteiger charge is 2.12. The third kappa shape index (κ3) is 3.61. The first-order valence-electron chi connectivity index (χ1n) is 5.69. The lowest BCUT2D eigenvalue weighted by atomic mass is 10.0. The average Bonchev–Trinajstić information content (AvgIpc) is 2.30. The van der Waals surface area contributed by atoms with Crippen LogP contribution in [0.4, 0.5) is 0 Å². The first-order valence-corrected chi connectivity index (χ1v) is 6.07.